The topological polar surface area (TPSA) is 49.4 Å². The van der Waals surface area contributed by atoms with Gasteiger partial charge in [-0.3, -0.25) is 9.59 Å². The number of anilines is 2. The van der Waals surface area contributed by atoms with Crippen LogP contribution in [0.15, 0.2) is 77.7 Å². The van der Waals surface area contributed by atoms with Crippen LogP contribution in [0.3, 0.4) is 0 Å². The van der Waals surface area contributed by atoms with Crippen LogP contribution in [0.25, 0.3) is 0 Å². The van der Waals surface area contributed by atoms with E-state index in [4.69, 9.17) is 0 Å². The van der Waals surface area contributed by atoms with E-state index >= 15 is 0 Å². The molecule has 0 radical (unpaired) electrons. The predicted octanol–water partition coefficient (Wildman–Crippen LogP) is 4.72. The largest absolute Gasteiger partial charge is 0.322 e. The summed E-state index contributed by atoms with van der Waals surface area (Å²) in [4.78, 5) is 27.6. The molecule has 4 nitrogen and oxygen atoms in total. The van der Waals surface area contributed by atoms with Gasteiger partial charge in [0, 0.05) is 16.1 Å². The number of halogens is 1. The first-order valence-corrected chi connectivity index (χ1v) is 9.77. The molecule has 0 aromatic heterocycles. The Bertz CT molecular complexity index is 1020. The van der Waals surface area contributed by atoms with Crippen LogP contribution in [-0.2, 0) is 11.3 Å². The fourth-order valence-electron chi connectivity index (χ4n) is 3.01. The lowest BCUT2D eigenvalue weighted by molar-refractivity contribution is -0.116. The number of thioether (sulfide) groups is 1. The normalized spacial score (nSPS) is 13.2. The standard InChI is InChI=1S/C22H17FN2O2S/c23-17-9-11-18(12-10-17)24-22(27)16-7-5-15(6-8-16)13-25-19-3-1-2-4-20(19)28-14-21(25)26/h1-12H,13-14H2,(H,24,27). The maximum absolute atomic E-state index is 13.0. The van der Waals surface area contributed by atoms with E-state index in [1.807, 2.05) is 36.4 Å². The number of benzene rings is 3. The highest BCUT2D eigenvalue weighted by Crippen LogP contribution is 2.35. The van der Waals surface area contributed by atoms with Crippen molar-refractivity contribution in [3.05, 3.63) is 89.7 Å². The summed E-state index contributed by atoms with van der Waals surface area (Å²) >= 11 is 1.55. The Morgan fingerprint density at radius 2 is 1.71 bits per heavy atom. The van der Waals surface area contributed by atoms with Crippen molar-refractivity contribution >= 4 is 35.0 Å². The number of amides is 2. The van der Waals surface area contributed by atoms with Crippen molar-refractivity contribution in [1.29, 1.82) is 0 Å². The second-order valence-electron chi connectivity index (χ2n) is 6.39. The van der Waals surface area contributed by atoms with Gasteiger partial charge >= 0.3 is 0 Å². The summed E-state index contributed by atoms with van der Waals surface area (Å²) in [6, 6.07) is 20.6. The smallest absolute Gasteiger partial charge is 0.255 e. The third kappa shape index (κ3) is 3.92. The number of hydrogen-bond acceptors (Lipinski definition) is 3. The van der Waals surface area contributed by atoms with Gasteiger partial charge in [-0.15, -0.1) is 11.8 Å². The van der Waals surface area contributed by atoms with Crippen molar-refractivity contribution in [2.75, 3.05) is 16.0 Å². The Morgan fingerprint density at radius 1 is 1.00 bits per heavy atom. The molecule has 1 heterocycles. The SMILES string of the molecule is O=C(Nc1ccc(F)cc1)c1ccc(CN2C(=O)CSc3ccccc32)cc1. The zero-order valence-corrected chi connectivity index (χ0v) is 15.7. The fraction of sp³-hybridized carbons (Fsp3) is 0.0909. The van der Waals surface area contributed by atoms with Crippen LogP contribution < -0.4 is 10.2 Å². The number of para-hydroxylation sites is 1. The number of carbonyl (C=O) groups excluding carboxylic acids is 2. The summed E-state index contributed by atoms with van der Waals surface area (Å²) < 4.78 is 13.0. The van der Waals surface area contributed by atoms with Crippen molar-refractivity contribution in [1.82, 2.24) is 0 Å². The lowest BCUT2D eigenvalue weighted by Gasteiger charge is -2.29. The minimum absolute atomic E-state index is 0.0711. The van der Waals surface area contributed by atoms with Crippen LogP contribution in [0.2, 0.25) is 0 Å². The van der Waals surface area contributed by atoms with Crippen LogP contribution in [0, 0.1) is 5.82 Å². The van der Waals surface area contributed by atoms with Crippen LogP contribution in [0.4, 0.5) is 15.8 Å². The summed E-state index contributed by atoms with van der Waals surface area (Å²) in [6.45, 7) is 0.455. The number of fused-ring (bicyclic) bond motifs is 1. The van der Waals surface area contributed by atoms with E-state index in [1.165, 1.54) is 24.3 Å². The Hall–Kier alpha value is -3.12. The highest BCUT2D eigenvalue weighted by Gasteiger charge is 2.24. The van der Waals surface area contributed by atoms with E-state index in [9.17, 15) is 14.0 Å². The van der Waals surface area contributed by atoms with Gasteiger partial charge in [0.05, 0.1) is 18.0 Å². The van der Waals surface area contributed by atoms with Gasteiger partial charge in [0.15, 0.2) is 0 Å². The van der Waals surface area contributed by atoms with Gasteiger partial charge in [0.25, 0.3) is 5.91 Å². The van der Waals surface area contributed by atoms with Gasteiger partial charge in [-0.1, -0.05) is 24.3 Å². The number of rotatable bonds is 4. The van der Waals surface area contributed by atoms with Gasteiger partial charge in [-0.25, -0.2) is 4.39 Å². The van der Waals surface area contributed by atoms with Crippen molar-refractivity contribution in [3.63, 3.8) is 0 Å². The zero-order valence-electron chi connectivity index (χ0n) is 14.9. The molecule has 0 spiro atoms. The van der Waals surface area contributed by atoms with Gasteiger partial charge in [-0.05, 0) is 54.1 Å². The number of nitrogens with zero attached hydrogens (tertiary/aromatic N) is 1. The van der Waals surface area contributed by atoms with E-state index in [-0.39, 0.29) is 17.6 Å². The highest BCUT2D eigenvalue weighted by molar-refractivity contribution is 8.00. The van der Waals surface area contributed by atoms with Gasteiger partial charge < -0.3 is 10.2 Å². The molecule has 0 saturated carbocycles. The second-order valence-corrected chi connectivity index (χ2v) is 7.41. The molecule has 6 heteroatoms. The minimum Gasteiger partial charge on any atom is -0.322 e. The lowest BCUT2D eigenvalue weighted by Crippen LogP contribution is -2.34. The van der Waals surface area contributed by atoms with E-state index in [0.717, 1.165) is 16.1 Å². The number of carbonyl (C=O) groups is 2. The molecule has 4 rings (SSSR count). The fourth-order valence-corrected chi connectivity index (χ4v) is 3.94. The first kappa shape index (κ1) is 18.3. The van der Waals surface area contributed by atoms with E-state index in [0.29, 0.717) is 23.5 Å². The molecule has 3 aromatic carbocycles. The summed E-state index contributed by atoms with van der Waals surface area (Å²) in [5.41, 5.74) is 2.88. The molecule has 1 aliphatic rings. The molecular weight excluding hydrogens is 375 g/mol. The van der Waals surface area contributed by atoms with Crippen LogP contribution >= 0.6 is 11.8 Å². The third-order valence-corrected chi connectivity index (χ3v) is 5.51. The van der Waals surface area contributed by atoms with E-state index in [1.54, 1.807) is 28.8 Å². The minimum atomic E-state index is -0.352. The Labute approximate surface area is 166 Å². The van der Waals surface area contributed by atoms with E-state index < -0.39 is 0 Å². The molecule has 0 bridgehead atoms. The molecule has 140 valence electrons. The molecule has 0 unspecified atom stereocenters. The predicted molar refractivity (Wildman–Crippen MR) is 109 cm³/mol. The molecule has 2 amide bonds. The summed E-state index contributed by atoms with van der Waals surface area (Å²) in [6.07, 6.45) is 0. The quantitative estimate of drug-likeness (QED) is 0.699. The molecular formula is C22H17FN2O2S. The van der Waals surface area contributed by atoms with Crippen LogP contribution in [0.1, 0.15) is 15.9 Å². The molecule has 0 aliphatic carbocycles. The van der Waals surface area contributed by atoms with Gasteiger partial charge in [0.1, 0.15) is 5.82 Å². The van der Waals surface area contributed by atoms with Crippen molar-refractivity contribution < 1.29 is 14.0 Å². The third-order valence-electron chi connectivity index (χ3n) is 4.47. The van der Waals surface area contributed by atoms with Gasteiger partial charge in [-0.2, -0.15) is 0 Å². The second kappa shape index (κ2) is 7.86. The molecule has 0 fully saturated rings. The summed E-state index contributed by atoms with van der Waals surface area (Å²) in [5.74, 6) is -0.125. The average Bonchev–Trinajstić information content (AvgIpc) is 2.72. The molecule has 3 aromatic rings. The van der Waals surface area contributed by atoms with Crippen molar-refractivity contribution in [3.8, 4) is 0 Å². The van der Waals surface area contributed by atoms with Gasteiger partial charge in [0.2, 0.25) is 5.91 Å². The zero-order chi connectivity index (χ0) is 19.5. The molecule has 1 N–H and O–H groups in total. The maximum Gasteiger partial charge on any atom is 0.255 e. The average molecular weight is 392 g/mol. The molecule has 1 aliphatic heterocycles. The van der Waals surface area contributed by atoms with Crippen molar-refractivity contribution in [2.45, 2.75) is 11.4 Å². The van der Waals surface area contributed by atoms with Crippen molar-refractivity contribution in [2.24, 2.45) is 0 Å². The van der Waals surface area contributed by atoms with E-state index in [2.05, 4.69) is 5.32 Å². The monoisotopic (exact) mass is 392 g/mol. The Balaban J connectivity index is 1.47. The van der Waals surface area contributed by atoms with Crippen LogP contribution in [0.5, 0.6) is 0 Å². The first-order chi connectivity index (χ1) is 13.6. The highest BCUT2D eigenvalue weighted by atomic mass is 32.2. The first-order valence-electron chi connectivity index (χ1n) is 8.78. The Morgan fingerprint density at radius 3 is 2.46 bits per heavy atom. The number of hydrogen-bond donors (Lipinski definition) is 1. The summed E-state index contributed by atoms with van der Waals surface area (Å²) in [7, 11) is 0. The Kier molecular flexibility index (Phi) is 5.12. The molecule has 0 atom stereocenters. The maximum atomic E-state index is 13.0. The van der Waals surface area contributed by atoms with Crippen LogP contribution in [-0.4, -0.2) is 17.6 Å². The lowest BCUT2D eigenvalue weighted by atomic mass is 10.1. The molecule has 0 saturated heterocycles. The summed E-state index contributed by atoms with van der Waals surface area (Å²) in [5, 5.41) is 2.73. The molecule has 28 heavy (non-hydrogen) atoms. The number of nitrogens with one attached hydrogen (secondary N) is 1.